The Morgan fingerprint density at radius 1 is 1.00 bits per heavy atom. The van der Waals surface area contributed by atoms with E-state index in [1.807, 2.05) is 30.3 Å². The first kappa shape index (κ1) is 14.9. The van der Waals surface area contributed by atoms with Gasteiger partial charge < -0.3 is 5.32 Å². The number of benzene rings is 1. The third-order valence-corrected chi connectivity index (χ3v) is 5.06. The normalized spacial score (nSPS) is 10.7. The minimum absolute atomic E-state index is 0.470. The van der Waals surface area contributed by atoms with E-state index in [9.17, 15) is 0 Å². The number of hydrogen-bond acceptors (Lipinski definition) is 4. The lowest BCUT2D eigenvalue weighted by Crippen LogP contribution is -2.23. The van der Waals surface area contributed by atoms with Gasteiger partial charge >= 0.3 is 0 Å². The summed E-state index contributed by atoms with van der Waals surface area (Å²) in [5.74, 6) is 0. The summed E-state index contributed by atoms with van der Waals surface area (Å²) in [4.78, 5) is 3.61. The number of thiophene rings is 2. The standard InChI is InChI=1S/C16H13N3S3/c20-16(18-12-5-2-1-3-6-12)19-17-11-13-8-9-15(22-13)14-7-4-10-21-14/h1-11H,(H2,18,19,20)/b17-11+. The molecule has 0 radical (unpaired) electrons. The molecular formula is C16H13N3S3. The molecule has 3 aromatic rings. The largest absolute Gasteiger partial charge is 0.331 e. The van der Waals surface area contributed by atoms with Crippen LogP contribution in [0, 0.1) is 0 Å². The number of nitrogens with one attached hydrogen (secondary N) is 2. The minimum Gasteiger partial charge on any atom is -0.331 e. The third-order valence-electron chi connectivity index (χ3n) is 2.78. The summed E-state index contributed by atoms with van der Waals surface area (Å²) < 4.78 is 0. The first-order valence-corrected chi connectivity index (χ1v) is 8.70. The summed E-state index contributed by atoms with van der Waals surface area (Å²) in [5.41, 5.74) is 3.76. The molecule has 0 bridgehead atoms. The van der Waals surface area contributed by atoms with Crippen LogP contribution in [0.1, 0.15) is 4.88 Å². The van der Waals surface area contributed by atoms with E-state index < -0.39 is 0 Å². The lowest BCUT2D eigenvalue weighted by atomic mass is 10.3. The van der Waals surface area contributed by atoms with Gasteiger partial charge in [0.1, 0.15) is 0 Å². The molecule has 2 heterocycles. The van der Waals surface area contributed by atoms with Crippen molar-refractivity contribution in [2.24, 2.45) is 5.10 Å². The van der Waals surface area contributed by atoms with Crippen LogP contribution in [0.4, 0.5) is 5.69 Å². The Hall–Kier alpha value is -2.02. The van der Waals surface area contributed by atoms with Crippen molar-refractivity contribution >= 4 is 51.9 Å². The highest BCUT2D eigenvalue weighted by molar-refractivity contribution is 7.80. The highest BCUT2D eigenvalue weighted by Gasteiger charge is 2.02. The molecule has 22 heavy (non-hydrogen) atoms. The van der Waals surface area contributed by atoms with Crippen LogP contribution in [0.3, 0.4) is 0 Å². The van der Waals surface area contributed by atoms with Gasteiger partial charge in [-0.2, -0.15) is 5.10 Å². The van der Waals surface area contributed by atoms with Crippen LogP contribution in [0.25, 0.3) is 9.75 Å². The zero-order chi connectivity index (χ0) is 15.2. The molecule has 0 aliphatic heterocycles. The summed E-state index contributed by atoms with van der Waals surface area (Å²) in [6, 6.07) is 18.1. The average molecular weight is 344 g/mol. The molecule has 0 aliphatic rings. The molecule has 2 N–H and O–H groups in total. The molecule has 1 aromatic carbocycles. The van der Waals surface area contributed by atoms with E-state index >= 15 is 0 Å². The fourth-order valence-corrected chi connectivity index (χ4v) is 3.69. The van der Waals surface area contributed by atoms with Crippen LogP contribution < -0.4 is 10.7 Å². The summed E-state index contributed by atoms with van der Waals surface area (Å²) in [6.45, 7) is 0. The molecule has 6 heteroatoms. The Morgan fingerprint density at radius 3 is 2.64 bits per heavy atom. The van der Waals surface area contributed by atoms with Crippen molar-refractivity contribution in [3.05, 3.63) is 64.9 Å². The highest BCUT2D eigenvalue weighted by atomic mass is 32.1. The smallest absolute Gasteiger partial charge is 0.191 e. The highest BCUT2D eigenvalue weighted by Crippen LogP contribution is 2.30. The van der Waals surface area contributed by atoms with Gasteiger partial charge in [0.15, 0.2) is 5.11 Å². The number of para-hydroxylation sites is 1. The van der Waals surface area contributed by atoms with Crippen LogP contribution >= 0.6 is 34.9 Å². The lowest BCUT2D eigenvalue weighted by Gasteiger charge is -2.05. The monoisotopic (exact) mass is 343 g/mol. The Labute approximate surface area is 142 Å². The van der Waals surface area contributed by atoms with Gasteiger partial charge in [-0.1, -0.05) is 24.3 Å². The van der Waals surface area contributed by atoms with Crippen molar-refractivity contribution < 1.29 is 0 Å². The predicted octanol–water partition coefficient (Wildman–Crippen LogP) is 4.80. The molecule has 110 valence electrons. The molecular weight excluding hydrogens is 330 g/mol. The number of hydrogen-bond donors (Lipinski definition) is 2. The zero-order valence-corrected chi connectivity index (χ0v) is 14.0. The molecule has 0 aliphatic carbocycles. The van der Waals surface area contributed by atoms with E-state index in [1.54, 1.807) is 28.9 Å². The molecule has 3 rings (SSSR count). The van der Waals surface area contributed by atoms with Crippen molar-refractivity contribution in [3.63, 3.8) is 0 Å². The first-order valence-electron chi connectivity index (χ1n) is 6.60. The van der Waals surface area contributed by atoms with Gasteiger partial charge in [0, 0.05) is 20.3 Å². The van der Waals surface area contributed by atoms with Crippen molar-refractivity contribution in [2.45, 2.75) is 0 Å². The second-order valence-electron chi connectivity index (χ2n) is 4.37. The third kappa shape index (κ3) is 4.00. The maximum absolute atomic E-state index is 5.19. The Kier molecular flexibility index (Phi) is 4.95. The van der Waals surface area contributed by atoms with E-state index in [0.29, 0.717) is 5.11 Å². The molecule has 0 amide bonds. The Morgan fingerprint density at radius 2 is 1.86 bits per heavy atom. The van der Waals surface area contributed by atoms with Gasteiger partial charge in [-0.3, -0.25) is 5.43 Å². The summed E-state index contributed by atoms with van der Waals surface area (Å²) in [5, 5.41) is 9.79. The van der Waals surface area contributed by atoms with Gasteiger partial charge in [-0.25, -0.2) is 0 Å². The second-order valence-corrected chi connectivity index (χ2v) is 6.84. The van der Waals surface area contributed by atoms with Gasteiger partial charge in [0.2, 0.25) is 0 Å². The maximum Gasteiger partial charge on any atom is 0.191 e. The van der Waals surface area contributed by atoms with E-state index in [1.165, 1.54) is 9.75 Å². The number of nitrogens with zero attached hydrogens (tertiary/aromatic N) is 1. The van der Waals surface area contributed by atoms with Gasteiger partial charge in [-0.05, 0) is 47.9 Å². The van der Waals surface area contributed by atoms with Crippen LogP contribution in [0.5, 0.6) is 0 Å². The number of hydrazone groups is 1. The lowest BCUT2D eigenvalue weighted by molar-refractivity contribution is 1.05. The van der Waals surface area contributed by atoms with E-state index in [4.69, 9.17) is 12.2 Å². The maximum atomic E-state index is 5.19. The van der Waals surface area contributed by atoms with Gasteiger partial charge in [0.05, 0.1) is 6.21 Å². The quantitative estimate of drug-likeness (QED) is 0.406. The zero-order valence-electron chi connectivity index (χ0n) is 11.5. The van der Waals surface area contributed by atoms with Crippen molar-refractivity contribution in [1.29, 1.82) is 0 Å². The average Bonchev–Trinajstić information content (AvgIpc) is 3.19. The number of rotatable bonds is 4. The van der Waals surface area contributed by atoms with E-state index in [0.717, 1.165) is 10.6 Å². The topological polar surface area (TPSA) is 36.4 Å². The van der Waals surface area contributed by atoms with E-state index in [-0.39, 0.29) is 0 Å². The molecule has 0 fully saturated rings. The van der Waals surface area contributed by atoms with Crippen LogP contribution in [-0.2, 0) is 0 Å². The van der Waals surface area contributed by atoms with Crippen LogP contribution in [0.15, 0.2) is 65.1 Å². The number of anilines is 1. The SMILES string of the molecule is S=C(N/N=C/c1ccc(-c2cccs2)s1)Nc1ccccc1. The molecule has 0 saturated carbocycles. The summed E-state index contributed by atoms with van der Waals surface area (Å²) >= 11 is 8.63. The second kappa shape index (κ2) is 7.31. The molecule has 2 aromatic heterocycles. The van der Waals surface area contributed by atoms with Crippen LogP contribution in [0.2, 0.25) is 0 Å². The number of thiocarbonyl (C=S) groups is 1. The van der Waals surface area contributed by atoms with Crippen molar-refractivity contribution in [1.82, 2.24) is 5.43 Å². The minimum atomic E-state index is 0.470. The molecule has 0 unspecified atom stereocenters. The van der Waals surface area contributed by atoms with Gasteiger partial charge in [0.25, 0.3) is 0 Å². The summed E-state index contributed by atoms with van der Waals surface area (Å²) in [7, 11) is 0. The molecule has 0 atom stereocenters. The fraction of sp³-hybridized carbons (Fsp3) is 0. The predicted molar refractivity (Wildman–Crippen MR) is 101 cm³/mol. The van der Waals surface area contributed by atoms with Crippen molar-refractivity contribution in [2.75, 3.05) is 5.32 Å². The van der Waals surface area contributed by atoms with Crippen molar-refractivity contribution in [3.8, 4) is 9.75 Å². The Balaban J connectivity index is 1.55. The summed E-state index contributed by atoms with van der Waals surface area (Å²) in [6.07, 6.45) is 1.78. The van der Waals surface area contributed by atoms with Crippen LogP contribution in [-0.4, -0.2) is 11.3 Å². The van der Waals surface area contributed by atoms with Gasteiger partial charge in [-0.15, -0.1) is 22.7 Å². The Bertz CT molecular complexity index is 761. The van der Waals surface area contributed by atoms with E-state index in [2.05, 4.69) is 45.5 Å². The first-order chi connectivity index (χ1) is 10.8. The molecule has 3 nitrogen and oxygen atoms in total. The fourth-order valence-electron chi connectivity index (χ4n) is 1.81. The molecule has 0 spiro atoms. The molecule has 0 saturated heterocycles.